The van der Waals surface area contributed by atoms with Gasteiger partial charge in [-0.1, -0.05) is 23.8 Å². The summed E-state index contributed by atoms with van der Waals surface area (Å²) in [7, 11) is 0. The van der Waals surface area contributed by atoms with Crippen molar-refractivity contribution < 1.29 is 14.4 Å². The molecule has 0 bridgehead atoms. The number of H-pyrrole nitrogens is 1. The first-order valence-electron chi connectivity index (χ1n) is 10.4. The summed E-state index contributed by atoms with van der Waals surface area (Å²) in [5.41, 5.74) is 5.77. The van der Waals surface area contributed by atoms with Crippen LogP contribution < -0.4 is 5.32 Å². The van der Waals surface area contributed by atoms with Crippen molar-refractivity contribution in [3.63, 3.8) is 0 Å². The molecule has 30 heavy (non-hydrogen) atoms. The number of nitrogens with one attached hydrogen (secondary N) is 2. The topological polar surface area (TPSA) is 82.3 Å². The van der Waals surface area contributed by atoms with Gasteiger partial charge in [0.05, 0.1) is 11.1 Å². The van der Waals surface area contributed by atoms with E-state index in [1.807, 2.05) is 0 Å². The maximum absolute atomic E-state index is 12.4. The van der Waals surface area contributed by atoms with Crippen molar-refractivity contribution in [1.82, 2.24) is 15.2 Å². The Bertz CT molecular complexity index is 1160. The van der Waals surface area contributed by atoms with Crippen LogP contribution in [0.5, 0.6) is 0 Å². The largest absolute Gasteiger partial charge is 0.358 e. The van der Waals surface area contributed by atoms with Crippen molar-refractivity contribution in [3.8, 4) is 0 Å². The Balaban J connectivity index is 1.15. The summed E-state index contributed by atoms with van der Waals surface area (Å²) in [5, 5.41) is 4.35. The second-order valence-corrected chi connectivity index (χ2v) is 8.21. The molecule has 1 aliphatic carbocycles. The quantitative estimate of drug-likeness (QED) is 0.645. The van der Waals surface area contributed by atoms with E-state index in [1.54, 1.807) is 24.3 Å². The van der Waals surface area contributed by atoms with Crippen LogP contribution in [0.1, 0.15) is 50.4 Å². The van der Waals surface area contributed by atoms with E-state index >= 15 is 0 Å². The summed E-state index contributed by atoms with van der Waals surface area (Å²) < 4.78 is 0. The van der Waals surface area contributed by atoms with Crippen LogP contribution in [-0.2, 0) is 17.6 Å². The molecular weight excluding hydrogens is 378 g/mol. The highest BCUT2D eigenvalue weighted by atomic mass is 16.2. The number of imide groups is 1. The number of hydrogen-bond donors (Lipinski definition) is 2. The average molecular weight is 401 g/mol. The van der Waals surface area contributed by atoms with E-state index in [0.717, 1.165) is 18.4 Å². The highest BCUT2D eigenvalue weighted by molar-refractivity contribution is 6.21. The third kappa shape index (κ3) is 3.09. The maximum atomic E-state index is 12.4. The molecule has 5 rings (SSSR count). The van der Waals surface area contributed by atoms with Crippen molar-refractivity contribution in [1.29, 1.82) is 0 Å². The van der Waals surface area contributed by atoms with Crippen LogP contribution in [0, 0.1) is 6.92 Å². The summed E-state index contributed by atoms with van der Waals surface area (Å²) in [6, 6.07) is 13.3. The van der Waals surface area contributed by atoms with Crippen LogP contribution >= 0.6 is 0 Å². The summed E-state index contributed by atoms with van der Waals surface area (Å²) >= 11 is 0. The summed E-state index contributed by atoms with van der Waals surface area (Å²) in [5.74, 6) is -0.581. The zero-order valence-electron chi connectivity index (χ0n) is 16.8. The van der Waals surface area contributed by atoms with Crippen LogP contribution in [0.3, 0.4) is 0 Å². The number of nitrogens with zero attached hydrogens (tertiary/aromatic N) is 1. The van der Waals surface area contributed by atoms with E-state index in [4.69, 9.17) is 0 Å². The average Bonchev–Trinajstić information content (AvgIpc) is 3.34. The number of fused-ring (bicyclic) bond motifs is 4. The molecule has 6 heteroatoms. The normalized spacial score (nSPS) is 17.5. The number of amides is 3. The smallest absolute Gasteiger partial charge is 0.261 e. The third-order valence-corrected chi connectivity index (χ3v) is 6.08. The molecule has 0 fully saturated rings. The Morgan fingerprint density at radius 1 is 1.10 bits per heavy atom. The van der Waals surface area contributed by atoms with Gasteiger partial charge >= 0.3 is 0 Å². The number of aromatic nitrogens is 1. The molecule has 0 saturated carbocycles. The van der Waals surface area contributed by atoms with Crippen LogP contribution in [0.25, 0.3) is 10.9 Å². The standard InChI is InChI=1S/C24H23N3O3/c1-14-8-9-20-18(11-14)19-12-15(13-21(19)26-20)25-22(28)7-4-10-27-23(29)16-5-2-3-6-17(16)24(27)30/h2-3,5-6,8-9,11,15,26H,4,7,10,12-13H2,1H3,(H,25,28). The lowest BCUT2D eigenvalue weighted by molar-refractivity contribution is -0.121. The maximum Gasteiger partial charge on any atom is 0.261 e. The van der Waals surface area contributed by atoms with E-state index < -0.39 is 0 Å². The first-order valence-corrected chi connectivity index (χ1v) is 10.4. The molecule has 2 aliphatic rings. The predicted octanol–water partition coefficient (Wildman–Crippen LogP) is 3.14. The van der Waals surface area contributed by atoms with Gasteiger partial charge in [-0.25, -0.2) is 0 Å². The van der Waals surface area contributed by atoms with E-state index in [1.165, 1.54) is 27.1 Å². The van der Waals surface area contributed by atoms with Crippen LogP contribution in [0.2, 0.25) is 0 Å². The number of hydrogen-bond acceptors (Lipinski definition) is 3. The van der Waals surface area contributed by atoms with E-state index in [9.17, 15) is 14.4 Å². The summed E-state index contributed by atoms with van der Waals surface area (Å²) in [6.45, 7) is 2.34. The molecule has 1 aliphatic heterocycles. The SMILES string of the molecule is Cc1ccc2[nH]c3c(c2c1)CC(NC(=O)CCCN1C(=O)c2ccccc2C1=O)C3. The molecule has 3 amide bonds. The zero-order valence-corrected chi connectivity index (χ0v) is 16.8. The van der Waals surface area contributed by atoms with Gasteiger partial charge in [0.15, 0.2) is 0 Å². The highest BCUT2D eigenvalue weighted by Gasteiger charge is 2.34. The summed E-state index contributed by atoms with van der Waals surface area (Å²) in [6.07, 6.45) is 2.37. The van der Waals surface area contributed by atoms with Gasteiger partial charge in [-0.2, -0.15) is 0 Å². The molecule has 0 saturated heterocycles. The number of aromatic amines is 1. The number of benzene rings is 2. The Morgan fingerprint density at radius 2 is 1.83 bits per heavy atom. The van der Waals surface area contributed by atoms with Gasteiger partial charge in [-0.15, -0.1) is 0 Å². The fourth-order valence-electron chi connectivity index (χ4n) is 4.63. The first-order chi connectivity index (χ1) is 14.5. The number of carbonyl (C=O) groups is 3. The lowest BCUT2D eigenvalue weighted by atomic mass is 10.1. The van der Waals surface area contributed by atoms with E-state index in [-0.39, 0.29) is 36.7 Å². The predicted molar refractivity (Wildman–Crippen MR) is 113 cm³/mol. The number of carbonyl (C=O) groups excluding carboxylic acids is 3. The minimum Gasteiger partial charge on any atom is -0.358 e. The Hall–Kier alpha value is -3.41. The van der Waals surface area contributed by atoms with E-state index in [0.29, 0.717) is 17.5 Å². The minimum atomic E-state index is -0.271. The monoisotopic (exact) mass is 401 g/mol. The molecule has 152 valence electrons. The zero-order chi connectivity index (χ0) is 20.8. The van der Waals surface area contributed by atoms with Crippen LogP contribution in [0.15, 0.2) is 42.5 Å². The van der Waals surface area contributed by atoms with Gasteiger partial charge in [0.25, 0.3) is 11.8 Å². The second-order valence-electron chi connectivity index (χ2n) is 8.21. The second kappa shape index (κ2) is 7.13. The number of aryl methyl sites for hydroxylation is 1. The van der Waals surface area contributed by atoms with Gasteiger partial charge in [-0.3, -0.25) is 19.3 Å². The van der Waals surface area contributed by atoms with E-state index in [2.05, 4.69) is 35.4 Å². The first kappa shape index (κ1) is 18.6. The van der Waals surface area contributed by atoms with Crippen molar-refractivity contribution in [2.24, 2.45) is 0 Å². The van der Waals surface area contributed by atoms with Crippen molar-refractivity contribution in [3.05, 3.63) is 70.4 Å². The Labute approximate surface area is 174 Å². The molecule has 2 N–H and O–H groups in total. The van der Waals surface area contributed by atoms with Gasteiger partial charge in [0, 0.05) is 42.0 Å². The van der Waals surface area contributed by atoms with Crippen LogP contribution in [-0.4, -0.2) is 40.2 Å². The van der Waals surface area contributed by atoms with Gasteiger partial charge in [0.2, 0.25) is 5.91 Å². The molecule has 0 spiro atoms. The van der Waals surface area contributed by atoms with Crippen LogP contribution in [0.4, 0.5) is 0 Å². The lowest BCUT2D eigenvalue weighted by Crippen LogP contribution is -2.36. The molecule has 3 aromatic rings. The van der Waals surface area contributed by atoms with Gasteiger partial charge in [-0.05, 0) is 49.6 Å². The minimum absolute atomic E-state index is 0.0396. The van der Waals surface area contributed by atoms with Crippen molar-refractivity contribution in [2.45, 2.75) is 38.6 Å². The fourth-order valence-corrected chi connectivity index (χ4v) is 4.63. The van der Waals surface area contributed by atoms with Gasteiger partial charge in [0.1, 0.15) is 0 Å². The summed E-state index contributed by atoms with van der Waals surface area (Å²) in [4.78, 5) is 41.9. The lowest BCUT2D eigenvalue weighted by Gasteiger charge is -2.15. The third-order valence-electron chi connectivity index (χ3n) is 6.08. The Morgan fingerprint density at radius 3 is 2.57 bits per heavy atom. The highest BCUT2D eigenvalue weighted by Crippen LogP contribution is 2.31. The molecular formula is C24H23N3O3. The van der Waals surface area contributed by atoms with Crippen molar-refractivity contribution >= 4 is 28.6 Å². The molecule has 1 atom stereocenters. The Kier molecular flexibility index (Phi) is 4.42. The molecule has 6 nitrogen and oxygen atoms in total. The molecule has 1 unspecified atom stereocenters. The fraction of sp³-hybridized carbons (Fsp3) is 0.292. The molecule has 2 aromatic carbocycles. The molecule has 0 radical (unpaired) electrons. The van der Waals surface area contributed by atoms with Gasteiger partial charge < -0.3 is 10.3 Å². The number of rotatable bonds is 5. The molecule has 1 aromatic heterocycles. The van der Waals surface area contributed by atoms with Crippen molar-refractivity contribution in [2.75, 3.05) is 6.54 Å². The molecule has 2 heterocycles.